The van der Waals surface area contributed by atoms with Crippen LogP contribution in [0.15, 0.2) is 54.0 Å². The number of β-amino-alcohol motifs (C(OH)–C–C–N with tert-alkyl or cyclic N) is 1. The fraction of sp³-hybridized carbons (Fsp3) is 0.480. The number of aryl methyl sites for hydroxylation is 1. The molecule has 2 heterocycles. The van der Waals surface area contributed by atoms with Crippen LogP contribution in [-0.4, -0.2) is 108 Å². The molecule has 1 saturated carbocycles. The zero-order chi connectivity index (χ0) is 52.2. The fourth-order valence-electron chi connectivity index (χ4n) is 7.88. The second-order valence-corrected chi connectivity index (χ2v) is 21.0. The third kappa shape index (κ3) is 15.3. The summed E-state index contributed by atoms with van der Waals surface area (Å²) in [4.78, 5) is 77.7. The molecule has 16 nitrogen and oxygen atoms in total. The van der Waals surface area contributed by atoms with E-state index < -0.39 is 76.0 Å². The van der Waals surface area contributed by atoms with Crippen LogP contribution in [0.3, 0.4) is 0 Å². The number of hydrogen-bond donors (Lipinski definition) is 7. The highest BCUT2D eigenvalue weighted by molar-refractivity contribution is 14.1. The highest BCUT2D eigenvalue weighted by Gasteiger charge is 2.53. The Balaban J connectivity index is 0.890. The molecule has 1 aliphatic heterocycles. The van der Waals surface area contributed by atoms with E-state index in [4.69, 9.17) is 9.57 Å². The van der Waals surface area contributed by atoms with Crippen LogP contribution in [-0.2, 0) is 30.6 Å². The summed E-state index contributed by atoms with van der Waals surface area (Å²) >= 11 is 3.36. The first kappa shape index (κ1) is 55.9. The number of thiazole rings is 1. The highest BCUT2D eigenvalue weighted by Crippen LogP contribution is 2.41. The van der Waals surface area contributed by atoms with Crippen LogP contribution in [0.4, 0.5) is 28.9 Å². The van der Waals surface area contributed by atoms with Crippen molar-refractivity contribution in [3.63, 3.8) is 0 Å². The first-order chi connectivity index (χ1) is 34.2. The molecule has 6 rings (SSSR count). The first-order valence-corrected chi connectivity index (χ1v) is 25.7. The van der Waals surface area contributed by atoms with Gasteiger partial charge in [0.15, 0.2) is 23.9 Å². The van der Waals surface area contributed by atoms with Crippen molar-refractivity contribution in [2.24, 2.45) is 5.41 Å². The van der Waals surface area contributed by atoms with E-state index in [1.165, 1.54) is 28.4 Å². The number of amides is 5. The number of anilines is 2. The number of nitrogens with zero attached hydrogens (tertiary/aromatic N) is 2. The van der Waals surface area contributed by atoms with Crippen molar-refractivity contribution in [1.29, 1.82) is 0 Å². The number of aliphatic hydroxyl groups is 1. The van der Waals surface area contributed by atoms with Gasteiger partial charge in [-0.15, -0.1) is 11.3 Å². The maximum absolute atomic E-state index is 14.7. The van der Waals surface area contributed by atoms with Crippen molar-refractivity contribution in [1.82, 2.24) is 36.6 Å². The Kier molecular flexibility index (Phi) is 19.8. The van der Waals surface area contributed by atoms with Crippen LogP contribution < -0.4 is 36.8 Å². The van der Waals surface area contributed by atoms with E-state index in [2.05, 4.69) is 37.0 Å². The number of alkyl halides is 1. The van der Waals surface area contributed by atoms with Gasteiger partial charge in [-0.25, -0.2) is 28.0 Å². The highest BCUT2D eigenvalue weighted by atomic mass is 127. The third-order valence-corrected chi connectivity index (χ3v) is 13.8. The van der Waals surface area contributed by atoms with Crippen molar-refractivity contribution >= 4 is 74.8 Å². The van der Waals surface area contributed by atoms with E-state index in [9.17, 15) is 46.6 Å². The number of carbonyl (C=O) groups is 5. The molecule has 3 aromatic carbocycles. The zero-order valence-corrected chi connectivity index (χ0v) is 43.5. The minimum absolute atomic E-state index is 0.0294. The molecule has 1 saturated heterocycles. The molecular weight excluding hydrogens is 1080 g/mol. The molecule has 0 bridgehead atoms. The smallest absolute Gasteiger partial charge is 0.277 e. The Labute approximate surface area is 433 Å². The Bertz CT molecular complexity index is 2580. The molecular formula is C50H61F4IN8O8S. The van der Waals surface area contributed by atoms with E-state index in [1.54, 1.807) is 44.5 Å². The molecule has 0 spiro atoms. The van der Waals surface area contributed by atoms with Crippen LogP contribution >= 0.6 is 33.9 Å². The topological polar surface area (TPSA) is 212 Å². The summed E-state index contributed by atoms with van der Waals surface area (Å²) in [6.07, 6.45) is 3.05. The lowest BCUT2D eigenvalue weighted by molar-refractivity contribution is -0.145. The number of likely N-dealkylation sites (tertiary alicyclic amines) is 1. The summed E-state index contributed by atoms with van der Waals surface area (Å²) in [6.45, 7) is 8.50. The number of aromatic nitrogens is 1. The standard InChI is InChI=1S/C50H61F4IN8O8S/c1-29-43(72-28-59-29)30-10-11-31(25-58-46(67)38-24-33(64)26-63(38)47(68)44(49(2,3)4)61-48(69)50(54)16-17-50)39(22-30)70-27-40(65)57-20-8-6-5-7-18-56-19-9-21-71-62-45(66)34-13-14-35(51)41(53)42(34)60-37-15-12-32(55)23-36(37)52/h10-15,22-23,28,33,38,44,56,60,64H,5-9,16-21,24-27H2,1-4H3,(H,57,65)(H,58,67)(H,61,69)(H,62,66)/t33?,38?,44-/m1/s1. The maximum Gasteiger partial charge on any atom is 0.277 e. The van der Waals surface area contributed by atoms with E-state index in [0.717, 1.165) is 60.5 Å². The molecule has 2 fully saturated rings. The van der Waals surface area contributed by atoms with Gasteiger partial charge in [-0.05, 0) is 122 Å². The molecule has 2 aliphatic rings. The number of nitrogens with one attached hydrogen (secondary N) is 6. The molecule has 72 heavy (non-hydrogen) atoms. The number of hydrogen-bond acceptors (Lipinski definition) is 12. The van der Waals surface area contributed by atoms with Gasteiger partial charge in [-0.1, -0.05) is 45.7 Å². The number of rotatable bonds is 25. The first-order valence-electron chi connectivity index (χ1n) is 23.8. The molecule has 4 aromatic rings. The van der Waals surface area contributed by atoms with E-state index in [1.807, 2.05) is 35.6 Å². The molecule has 390 valence electrons. The molecule has 1 aromatic heterocycles. The quantitative estimate of drug-likeness (QED) is 0.0157. The molecule has 5 amide bonds. The predicted octanol–water partition coefficient (Wildman–Crippen LogP) is 6.89. The van der Waals surface area contributed by atoms with Crippen molar-refractivity contribution < 1.29 is 56.2 Å². The lowest BCUT2D eigenvalue weighted by Gasteiger charge is -2.35. The zero-order valence-electron chi connectivity index (χ0n) is 40.5. The third-order valence-electron chi connectivity index (χ3n) is 12.1. The number of benzene rings is 3. The summed E-state index contributed by atoms with van der Waals surface area (Å²) in [5.74, 6) is -6.05. The number of ether oxygens (including phenoxy) is 1. The molecule has 3 atom stereocenters. The van der Waals surface area contributed by atoms with Crippen LogP contribution in [0.5, 0.6) is 5.75 Å². The Hall–Kier alpha value is -5.43. The average molecular weight is 1140 g/mol. The van der Waals surface area contributed by atoms with Gasteiger partial charge in [0.25, 0.3) is 17.7 Å². The monoisotopic (exact) mass is 1140 g/mol. The van der Waals surface area contributed by atoms with Crippen molar-refractivity contribution in [3.05, 3.63) is 91.9 Å². The predicted molar refractivity (Wildman–Crippen MR) is 271 cm³/mol. The molecule has 0 radical (unpaired) electrons. The van der Waals surface area contributed by atoms with Gasteiger partial charge >= 0.3 is 0 Å². The largest absolute Gasteiger partial charge is 0.483 e. The van der Waals surface area contributed by atoms with Crippen LogP contribution in [0.25, 0.3) is 10.4 Å². The lowest BCUT2D eigenvalue weighted by atomic mass is 9.85. The molecule has 2 unspecified atom stereocenters. The number of carbonyl (C=O) groups excluding carboxylic acids is 5. The van der Waals surface area contributed by atoms with Gasteiger partial charge in [-0.3, -0.25) is 28.8 Å². The minimum Gasteiger partial charge on any atom is -0.483 e. The van der Waals surface area contributed by atoms with Crippen LogP contribution in [0.1, 0.15) is 93.8 Å². The van der Waals surface area contributed by atoms with Gasteiger partial charge in [0.1, 0.15) is 23.7 Å². The normalized spacial score (nSPS) is 16.4. The lowest BCUT2D eigenvalue weighted by Crippen LogP contribution is -2.59. The maximum atomic E-state index is 14.7. The SMILES string of the molecule is Cc1ncsc1-c1ccc(CNC(=O)C2CC(O)CN2C(=O)[C@@H](NC(=O)C2(F)CC2)C(C)(C)C)c(OCC(=O)NCCCCCCNCCCONC(=O)c2ccc(F)c(F)c2Nc2ccc(I)cc2F)c1. The van der Waals surface area contributed by atoms with Crippen molar-refractivity contribution in [2.45, 2.75) is 109 Å². The number of aliphatic hydroxyl groups excluding tert-OH is 1. The second kappa shape index (κ2) is 25.5. The molecule has 7 N–H and O–H groups in total. The summed E-state index contributed by atoms with van der Waals surface area (Å²) < 4.78 is 64.4. The summed E-state index contributed by atoms with van der Waals surface area (Å²) in [6, 6.07) is 9.24. The summed E-state index contributed by atoms with van der Waals surface area (Å²) in [7, 11) is 0. The Morgan fingerprint density at radius 1 is 0.944 bits per heavy atom. The molecule has 22 heteroatoms. The minimum atomic E-state index is -2.00. The molecule has 1 aliphatic carbocycles. The van der Waals surface area contributed by atoms with Crippen molar-refractivity contribution in [3.8, 4) is 16.2 Å². The summed E-state index contributed by atoms with van der Waals surface area (Å²) in [5.41, 5.74) is 2.38. The number of hydroxylamine groups is 1. The van der Waals surface area contributed by atoms with E-state index in [0.29, 0.717) is 34.4 Å². The average Bonchev–Trinajstić information content (AvgIpc) is 3.74. The fourth-order valence-corrected chi connectivity index (χ4v) is 9.13. The van der Waals surface area contributed by atoms with Crippen LogP contribution in [0.2, 0.25) is 0 Å². The van der Waals surface area contributed by atoms with Gasteiger partial charge in [0.05, 0.1) is 45.7 Å². The second-order valence-electron chi connectivity index (χ2n) is 18.9. The van der Waals surface area contributed by atoms with Crippen molar-refractivity contribution in [2.75, 3.05) is 44.7 Å². The van der Waals surface area contributed by atoms with Crippen LogP contribution in [0, 0.1) is 33.4 Å². The van der Waals surface area contributed by atoms with Gasteiger partial charge < -0.3 is 41.3 Å². The summed E-state index contributed by atoms with van der Waals surface area (Å²) in [5, 5.41) is 24.7. The Morgan fingerprint density at radius 3 is 2.38 bits per heavy atom. The van der Waals surface area contributed by atoms with E-state index >= 15 is 0 Å². The van der Waals surface area contributed by atoms with E-state index in [-0.39, 0.29) is 62.7 Å². The van der Waals surface area contributed by atoms with Gasteiger partial charge in [0, 0.05) is 35.2 Å². The van der Waals surface area contributed by atoms with Gasteiger partial charge in [-0.2, -0.15) is 0 Å². The number of unbranched alkanes of at least 4 members (excludes halogenated alkanes) is 3. The van der Waals surface area contributed by atoms with Gasteiger partial charge in [0.2, 0.25) is 11.8 Å². The number of halogens is 5. The Morgan fingerprint density at radius 2 is 1.68 bits per heavy atom.